The van der Waals surface area contributed by atoms with E-state index in [0.29, 0.717) is 16.9 Å². The normalized spacial score (nSPS) is 25.9. The summed E-state index contributed by atoms with van der Waals surface area (Å²) in [5, 5.41) is 3.45. The van der Waals surface area contributed by atoms with Crippen LogP contribution >= 0.6 is 11.6 Å². The molecular formula is C17H25ClN2O3S. The Labute approximate surface area is 149 Å². The zero-order chi connectivity index (χ0) is 17.9. The molecule has 0 aliphatic heterocycles. The Morgan fingerprint density at radius 2 is 1.83 bits per heavy atom. The van der Waals surface area contributed by atoms with E-state index in [1.54, 1.807) is 6.92 Å². The van der Waals surface area contributed by atoms with Crippen LogP contribution in [0.3, 0.4) is 0 Å². The molecule has 7 heteroatoms. The standard InChI is InChI=1S/C17H25ClN2O3S/c1-11-5-4-6-16(12(11)2)19-17(21)13(3)20-24(22,23)15-9-7-14(18)8-10-15/h7-13,16,20H,4-6H2,1-3H3,(H,19,21). The summed E-state index contributed by atoms with van der Waals surface area (Å²) < 4.78 is 27.1. The van der Waals surface area contributed by atoms with E-state index in [1.807, 2.05) is 0 Å². The fraction of sp³-hybridized carbons (Fsp3) is 0.588. The van der Waals surface area contributed by atoms with Gasteiger partial charge >= 0.3 is 0 Å². The summed E-state index contributed by atoms with van der Waals surface area (Å²) in [5.41, 5.74) is 0. The molecule has 1 aliphatic rings. The van der Waals surface area contributed by atoms with Crippen molar-refractivity contribution in [2.75, 3.05) is 0 Å². The van der Waals surface area contributed by atoms with Gasteiger partial charge in [-0.3, -0.25) is 4.79 Å². The molecule has 1 aliphatic carbocycles. The van der Waals surface area contributed by atoms with Crippen molar-refractivity contribution in [2.45, 2.75) is 57.0 Å². The Morgan fingerprint density at radius 1 is 1.21 bits per heavy atom. The molecule has 0 aromatic heterocycles. The second-order valence-electron chi connectivity index (χ2n) is 6.68. The third kappa shape index (κ3) is 4.71. The Hall–Kier alpha value is -1.11. The third-order valence-corrected chi connectivity index (χ3v) is 6.69. The average molecular weight is 373 g/mol. The highest BCUT2D eigenvalue weighted by molar-refractivity contribution is 7.89. The van der Waals surface area contributed by atoms with Crippen molar-refractivity contribution in [2.24, 2.45) is 11.8 Å². The lowest BCUT2D eigenvalue weighted by molar-refractivity contribution is -0.123. The molecule has 0 spiro atoms. The Morgan fingerprint density at radius 3 is 2.46 bits per heavy atom. The van der Waals surface area contributed by atoms with Crippen molar-refractivity contribution in [1.29, 1.82) is 0 Å². The van der Waals surface area contributed by atoms with Crippen LogP contribution in [0.15, 0.2) is 29.2 Å². The quantitative estimate of drug-likeness (QED) is 0.834. The average Bonchev–Trinajstić information content (AvgIpc) is 2.51. The van der Waals surface area contributed by atoms with Crippen LogP contribution in [0.2, 0.25) is 5.02 Å². The summed E-state index contributed by atoms with van der Waals surface area (Å²) in [7, 11) is -3.76. The fourth-order valence-corrected chi connectivity index (χ4v) is 4.39. The summed E-state index contributed by atoms with van der Waals surface area (Å²) in [6.07, 6.45) is 3.20. The molecule has 1 saturated carbocycles. The van der Waals surface area contributed by atoms with E-state index >= 15 is 0 Å². The SMILES string of the molecule is CC(NS(=O)(=O)c1ccc(Cl)cc1)C(=O)NC1CCCC(C)C1C. The molecule has 4 unspecified atom stereocenters. The molecule has 0 radical (unpaired) electrons. The summed E-state index contributed by atoms with van der Waals surface area (Å²) in [4.78, 5) is 12.5. The van der Waals surface area contributed by atoms with E-state index in [9.17, 15) is 13.2 Å². The number of hydrogen-bond acceptors (Lipinski definition) is 3. The lowest BCUT2D eigenvalue weighted by Gasteiger charge is -2.35. The minimum Gasteiger partial charge on any atom is -0.352 e. The number of carbonyl (C=O) groups excluding carboxylic acids is 1. The number of nitrogens with one attached hydrogen (secondary N) is 2. The van der Waals surface area contributed by atoms with Gasteiger partial charge in [0, 0.05) is 11.1 Å². The number of sulfonamides is 1. The minimum absolute atomic E-state index is 0.0891. The molecular weight excluding hydrogens is 348 g/mol. The molecule has 1 aromatic carbocycles. The Bertz CT molecular complexity index is 676. The second kappa shape index (κ2) is 7.85. The first kappa shape index (κ1) is 19.2. The van der Waals surface area contributed by atoms with Crippen molar-refractivity contribution >= 4 is 27.5 Å². The lowest BCUT2D eigenvalue weighted by atomic mass is 9.78. The van der Waals surface area contributed by atoms with Crippen LogP contribution < -0.4 is 10.0 Å². The van der Waals surface area contributed by atoms with Gasteiger partial charge in [0.2, 0.25) is 15.9 Å². The molecule has 1 amide bonds. The van der Waals surface area contributed by atoms with Crippen LogP contribution in [0, 0.1) is 11.8 Å². The third-order valence-electron chi connectivity index (χ3n) is 4.88. The molecule has 2 rings (SSSR count). The van der Waals surface area contributed by atoms with Gasteiger partial charge in [0.25, 0.3) is 0 Å². The van der Waals surface area contributed by atoms with E-state index in [4.69, 9.17) is 11.6 Å². The monoisotopic (exact) mass is 372 g/mol. The number of amides is 1. The fourth-order valence-electron chi connectivity index (χ4n) is 3.06. The first-order chi connectivity index (χ1) is 11.2. The van der Waals surface area contributed by atoms with Gasteiger partial charge in [-0.2, -0.15) is 4.72 Å². The van der Waals surface area contributed by atoms with Crippen LogP contribution in [0.25, 0.3) is 0 Å². The number of carbonyl (C=O) groups is 1. The highest BCUT2D eigenvalue weighted by Crippen LogP contribution is 2.29. The number of hydrogen-bond donors (Lipinski definition) is 2. The largest absolute Gasteiger partial charge is 0.352 e. The Kier molecular flexibility index (Phi) is 6.28. The van der Waals surface area contributed by atoms with E-state index in [-0.39, 0.29) is 16.8 Å². The second-order valence-corrected chi connectivity index (χ2v) is 8.83. The summed E-state index contributed by atoms with van der Waals surface area (Å²) in [5.74, 6) is 0.659. The zero-order valence-corrected chi connectivity index (χ0v) is 15.8. The predicted molar refractivity (Wildman–Crippen MR) is 95.3 cm³/mol. The zero-order valence-electron chi connectivity index (χ0n) is 14.3. The number of benzene rings is 1. The molecule has 2 N–H and O–H groups in total. The molecule has 0 heterocycles. The minimum atomic E-state index is -3.76. The molecule has 1 fully saturated rings. The first-order valence-corrected chi connectivity index (χ1v) is 10.1. The molecule has 5 nitrogen and oxygen atoms in total. The summed E-state index contributed by atoms with van der Waals surface area (Å²) >= 11 is 5.77. The van der Waals surface area contributed by atoms with E-state index in [2.05, 4.69) is 23.9 Å². The highest BCUT2D eigenvalue weighted by Gasteiger charge is 2.30. The van der Waals surface area contributed by atoms with Crippen molar-refractivity contribution in [3.05, 3.63) is 29.3 Å². The Balaban J connectivity index is 1.99. The van der Waals surface area contributed by atoms with Gasteiger partial charge in [0.1, 0.15) is 0 Å². The van der Waals surface area contributed by atoms with Crippen LogP contribution in [0.4, 0.5) is 0 Å². The van der Waals surface area contributed by atoms with Crippen molar-refractivity contribution in [3.8, 4) is 0 Å². The van der Waals surface area contributed by atoms with Crippen LogP contribution in [-0.4, -0.2) is 26.4 Å². The van der Waals surface area contributed by atoms with Crippen LogP contribution in [-0.2, 0) is 14.8 Å². The van der Waals surface area contributed by atoms with Crippen LogP contribution in [0.1, 0.15) is 40.0 Å². The smallest absolute Gasteiger partial charge is 0.241 e. The highest BCUT2D eigenvalue weighted by atomic mass is 35.5. The van der Waals surface area contributed by atoms with E-state index in [1.165, 1.54) is 30.7 Å². The van der Waals surface area contributed by atoms with Gasteiger partial charge in [0.15, 0.2) is 0 Å². The van der Waals surface area contributed by atoms with Crippen LogP contribution in [0.5, 0.6) is 0 Å². The maximum absolute atomic E-state index is 12.4. The molecule has 0 saturated heterocycles. The molecule has 1 aromatic rings. The van der Waals surface area contributed by atoms with Gasteiger partial charge in [0.05, 0.1) is 10.9 Å². The molecule has 134 valence electrons. The van der Waals surface area contributed by atoms with Crippen molar-refractivity contribution in [1.82, 2.24) is 10.0 Å². The lowest BCUT2D eigenvalue weighted by Crippen LogP contribution is -2.51. The summed E-state index contributed by atoms with van der Waals surface area (Å²) in [6.45, 7) is 5.88. The van der Waals surface area contributed by atoms with Gasteiger partial charge in [-0.25, -0.2) is 8.42 Å². The van der Waals surface area contributed by atoms with Gasteiger partial charge in [-0.1, -0.05) is 38.3 Å². The number of rotatable bonds is 5. The number of halogens is 1. The topological polar surface area (TPSA) is 75.3 Å². The summed E-state index contributed by atoms with van der Waals surface area (Å²) in [6, 6.07) is 5.11. The van der Waals surface area contributed by atoms with Crippen molar-refractivity contribution < 1.29 is 13.2 Å². The molecule has 0 bridgehead atoms. The molecule has 4 atom stereocenters. The van der Waals surface area contributed by atoms with Gasteiger partial charge in [-0.05, 0) is 49.4 Å². The predicted octanol–water partition coefficient (Wildman–Crippen LogP) is 2.95. The maximum atomic E-state index is 12.4. The maximum Gasteiger partial charge on any atom is 0.241 e. The molecule has 24 heavy (non-hydrogen) atoms. The van der Waals surface area contributed by atoms with E-state index in [0.717, 1.165) is 12.8 Å². The van der Waals surface area contributed by atoms with E-state index < -0.39 is 16.1 Å². The first-order valence-electron chi connectivity index (χ1n) is 8.29. The van der Waals surface area contributed by atoms with Gasteiger partial charge < -0.3 is 5.32 Å². The van der Waals surface area contributed by atoms with Crippen molar-refractivity contribution in [3.63, 3.8) is 0 Å². The van der Waals surface area contributed by atoms with Gasteiger partial charge in [-0.15, -0.1) is 0 Å².